The molecule has 0 bridgehead atoms. The predicted molar refractivity (Wildman–Crippen MR) is 78.2 cm³/mol. The van der Waals surface area contributed by atoms with Gasteiger partial charge < -0.3 is 15.0 Å². The molecule has 1 aromatic rings. The largest absolute Gasteiger partial charge is 0.481 e. The lowest BCUT2D eigenvalue weighted by atomic mass is 10.1. The van der Waals surface area contributed by atoms with Crippen molar-refractivity contribution in [2.75, 3.05) is 6.54 Å². The van der Waals surface area contributed by atoms with E-state index < -0.39 is 5.97 Å². The molecule has 0 saturated carbocycles. The van der Waals surface area contributed by atoms with Crippen molar-refractivity contribution in [2.24, 2.45) is 5.92 Å². The molecule has 1 unspecified atom stereocenters. The minimum absolute atomic E-state index is 0.116. The van der Waals surface area contributed by atoms with Gasteiger partial charge in [-0.2, -0.15) is 0 Å². The lowest BCUT2D eigenvalue weighted by Gasteiger charge is -2.14. The number of carbonyl (C=O) groups is 2. The Labute approximate surface area is 123 Å². The van der Waals surface area contributed by atoms with Gasteiger partial charge in [0.05, 0.1) is 5.02 Å². The van der Waals surface area contributed by atoms with E-state index in [-0.39, 0.29) is 24.3 Å². The summed E-state index contributed by atoms with van der Waals surface area (Å²) in [4.78, 5) is 22.6. The average molecular weight is 301 g/mol. The molecular weight excluding hydrogens is 280 g/mol. The zero-order chi connectivity index (χ0) is 15.3. The number of nitrogens with zero attached hydrogens (tertiary/aromatic N) is 1. The number of nitrogens with one attached hydrogen (secondary N) is 1. The van der Waals surface area contributed by atoms with Crippen LogP contribution in [0.3, 0.4) is 0 Å². The van der Waals surface area contributed by atoms with Crippen LogP contribution in [-0.2, 0) is 4.79 Å². The van der Waals surface area contributed by atoms with E-state index in [4.69, 9.17) is 16.7 Å². The van der Waals surface area contributed by atoms with Crippen LogP contribution in [0.1, 0.15) is 50.1 Å². The molecule has 1 amide bonds. The molecule has 5 nitrogen and oxygen atoms in total. The molecule has 6 heteroatoms. The van der Waals surface area contributed by atoms with Crippen LogP contribution in [0.5, 0.6) is 0 Å². The summed E-state index contributed by atoms with van der Waals surface area (Å²) in [6.45, 7) is 6.32. The van der Waals surface area contributed by atoms with Gasteiger partial charge in [-0.05, 0) is 32.3 Å². The number of halogens is 1. The molecule has 20 heavy (non-hydrogen) atoms. The SMILES string of the molecule is CC(CCC(=O)O)CNC(=O)c1cc(Cl)cn1C(C)C. The van der Waals surface area contributed by atoms with Crippen molar-refractivity contribution >= 4 is 23.5 Å². The summed E-state index contributed by atoms with van der Waals surface area (Å²) in [7, 11) is 0. The van der Waals surface area contributed by atoms with Gasteiger partial charge in [0.25, 0.3) is 5.91 Å². The molecular formula is C14H21ClN2O3. The van der Waals surface area contributed by atoms with Crippen molar-refractivity contribution in [3.8, 4) is 0 Å². The van der Waals surface area contributed by atoms with Gasteiger partial charge in [0.2, 0.25) is 0 Å². The summed E-state index contributed by atoms with van der Waals surface area (Å²) >= 11 is 5.93. The van der Waals surface area contributed by atoms with Gasteiger partial charge in [0.15, 0.2) is 0 Å². The van der Waals surface area contributed by atoms with Crippen molar-refractivity contribution in [3.05, 3.63) is 23.0 Å². The molecule has 112 valence electrons. The summed E-state index contributed by atoms with van der Waals surface area (Å²) in [5.74, 6) is -0.885. The Hall–Kier alpha value is -1.49. The smallest absolute Gasteiger partial charge is 0.303 e. The molecule has 0 saturated heterocycles. The molecule has 1 atom stereocenters. The number of rotatable bonds is 7. The highest BCUT2D eigenvalue weighted by atomic mass is 35.5. The molecule has 2 N–H and O–H groups in total. The zero-order valence-corrected chi connectivity index (χ0v) is 12.8. The standard InChI is InChI=1S/C14H21ClN2O3/c1-9(2)17-8-11(15)6-12(17)14(20)16-7-10(3)4-5-13(18)19/h6,8-10H,4-5,7H2,1-3H3,(H,16,20)(H,18,19). The fourth-order valence-corrected chi connectivity index (χ4v) is 2.09. The number of amides is 1. The summed E-state index contributed by atoms with van der Waals surface area (Å²) in [5, 5.41) is 12.0. The zero-order valence-electron chi connectivity index (χ0n) is 12.0. The minimum atomic E-state index is -0.816. The Balaban J connectivity index is 2.57. The van der Waals surface area contributed by atoms with Gasteiger partial charge >= 0.3 is 5.97 Å². The van der Waals surface area contributed by atoms with Crippen molar-refractivity contribution in [1.82, 2.24) is 9.88 Å². The van der Waals surface area contributed by atoms with Gasteiger partial charge in [-0.15, -0.1) is 0 Å². The van der Waals surface area contributed by atoms with Crippen LogP contribution >= 0.6 is 11.6 Å². The van der Waals surface area contributed by atoms with E-state index in [0.29, 0.717) is 23.7 Å². The molecule has 1 aromatic heterocycles. The lowest BCUT2D eigenvalue weighted by molar-refractivity contribution is -0.137. The molecule has 0 radical (unpaired) electrons. The number of carbonyl (C=O) groups excluding carboxylic acids is 1. The molecule has 1 rings (SSSR count). The maximum atomic E-state index is 12.1. The first kappa shape index (κ1) is 16.6. The number of aromatic nitrogens is 1. The summed E-state index contributed by atoms with van der Waals surface area (Å²) < 4.78 is 1.82. The van der Waals surface area contributed by atoms with E-state index in [0.717, 1.165) is 0 Å². The number of hydrogen-bond donors (Lipinski definition) is 2. The van der Waals surface area contributed by atoms with Crippen LogP contribution in [-0.4, -0.2) is 28.1 Å². The molecule has 0 aliphatic rings. The fourth-order valence-electron chi connectivity index (χ4n) is 1.88. The molecule has 1 heterocycles. The number of carboxylic acid groups (broad SMARTS) is 1. The van der Waals surface area contributed by atoms with Crippen molar-refractivity contribution in [2.45, 2.75) is 39.7 Å². The van der Waals surface area contributed by atoms with Crippen molar-refractivity contribution in [1.29, 1.82) is 0 Å². The van der Waals surface area contributed by atoms with E-state index in [1.165, 1.54) is 0 Å². The second-order valence-electron chi connectivity index (χ2n) is 5.29. The van der Waals surface area contributed by atoms with Gasteiger partial charge in [-0.1, -0.05) is 18.5 Å². The molecule has 0 spiro atoms. The number of hydrogen-bond acceptors (Lipinski definition) is 2. The Morgan fingerprint density at radius 3 is 2.60 bits per heavy atom. The average Bonchev–Trinajstić information content (AvgIpc) is 2.75. The maximum absolute atomic E-state index is 12.1. The normalized spacial score (nSPS) is 12.4. The Kier molecular flexibility index (Phi) is 6.07. The maximum Gasteiger partial charge on any atom is 0.303 e. The highest BCUT2D eigenvalue weighted by Crippen LogP contribution is 2.18. The third-order valence-corrected chi connectivity index (χ3v) is 3.27. The van der Waals surface area contributed by atoms with Gasteiger partial charge in [-0.3, -0.25) is 9.59 Å². The highest BCUT2D eigenvalue weighted by molar-refractivity contribution is 6.31. The molecule has 0 aliphatic carbocycles. The second-order valence-corrected chi connectivity index (χ2v) is 5.73. The predicted octanol–water partition coefficient (Wildman–Crippen LogP) is 2.95. The van der Waals surface area contributed by atoms with Gasteiger partial charge in [0.1, 0.15) is 5.69 Å². The number of aliphatic carboxylic acids is 1. The quantitative estimate of drug-likeness (QED) is 0.813. The third kappa shape index (κ3) is 4.89. The first-order chi connectivity index (χ1) is 9.31. The highest BCUT2D eigenvalue weighted by Gasteiger charge is 2.15. The van der Waals surface area contributed by atoms with Crippen LogP contribution in [0.25, 0.3) is 0 Å². The first-order valence-electron chi connectivity index (χ1n) is 6.68. The fraction of sp³-hybridized carbons (Fsp3) is 0.571. The van der Waals surface area contributed by atoms with Crippen LogP contribution in [0.4, 0.5) is 0 Å². The van der Waals surface area contributed by atoms with Crippen LogP contribution < -0.4 is 5.32 Å². The van der Waals surface area contributed by atoms with E-state index in [9.17, 15) is 9.59 Å². The van der Waals surface area contributed by atoms with Crippen molar-refractivity contribution < 1.29 is 14.7 Å². The van der Waals surface area contributed by atoms with Crippen LogP contribution in [0.2, 0.25) is 5.02 Å². The number of carboxylic acids is 1. The minimum Gasteiger partial charge on any atom is -0.481 e. The summed E-state index contributed by atoms with van der Waals surface area (Å²) in [5.41, 5.74) is 0.524. The molecule has 0 aromatic carbocycles. The lowest BCUT2D eigenvalue weighted by Crippen LogP contribution is -2.30. The second kappa shape index (κ2) is 7.33. The molecule has 0 aliphatic heterocycles. The third-order valence-electron chi connectivity index (χ3n) is 3.07. The first-order valence-corrected chi connectivity index (χ1v) is 7.06. The Morgan fingerprint density at radius 1 is 1.40 bits per heavy atom. The van der Waals surface area contributed by atoms with Crippen molar-refractivity contribution in [3.63, 3.8) is 0 Å². The van der Waals surface area contributed by atoms with Gasteiger partial charge in [0, 0.05) is 25.2 Å². The monoisotopic (exact) mass is 300 g/mol. The summed E-state index contributed by atoms with van der Waals surface area (Å²) in [6, 6.07) is 1.78. The topological polar surface area (TPSA) is 71.3 Å². The van der Waals surface area contributed by atoms with Crippen LogP contribution in [0.15, 0.2) is 12.3 Å². The molecule has 0 fully saturated rings. The van der Waals surface area contributed by atoms with E-state index in [1.807, 2.05) is 25.3 Å². The van der Waals surface area contributed by atoms with Gasteiger partial charge in [-0.25, -0.2) is 0 Å². The Morgan fingerprint density at radius 2 is 2.05 bits per heavy atom. The van der Waals surface area contributed by atoms with E-state index in [1.54, 1.807) is 12.3 Å². The van der Waals surface area contributed by atoms with E-state index >= 15 is 0 Å². The summed E-state index contributed by atoms with van der Waals surface area (Å²) in [6.07, 6.45) is 2.39. The van der Waals surface area contributed by atoms with E-state index in [2.05, 4.69) is 5.32 Å². The Bertz CT molecular complexity index is 483. The van der Waals surface area contributed by atoms with Crippen LogP contribution in [0, 0.1) is 5.92 Å².